The number of benzene rings is 3. The lowest BCUT2D eigenvalue weighted by molar-refractivity contribution is 0.0342. The largest absolute Gasteiger partial charge is 0.379 e. The van der Waals surface area contributed by atoms with Crippen LogP contribution >= 0.6 is 0 Å². The average Bonchev–Trinajstić information content (AvgIpc) is 3.26. The molecule has 4 aromatic rings. The highest BCUT2D eigenvalue weighted by Crippen LogP contribution is 2.31. The highest BCUT2D eigenvalue weighted by atomic mass is 19.2. The number of nitrogens with zero attached hydrogens (tertiary/aromatic N) is 3. The molecule has 4 nitrogen and oxygen atoms in total. The molecule has 1 saturated heterocycles. The molecule has 0 unspecified atom stereocenters. The minimum atomic E-state index is -1.50. The van der Waals surface area contributed by atoms with Gasteiger partial charge in [0, 0.05) is 30.8 Å². The predicted octanol–water partition coefficient (Wildman–Crippen LogP) is 5.59. The Morgan fingerprint density at radius 1 is 0.794 bits per heavy atom. The average molecular weight is 467 g/mol. The lowest BCUT2D eigenvalue weighted by Gasteiger charge is -2.26. The van der Waals surface area contributed by atoms with Gasteiger partial charge in [0.2, 0.25) is 0 Å². The Bertz CT molecular complexity index is 1290. The van der Waals surface area contributed by atoms with Crippen molar-refractivity contribution < 1.29 is 22.3 Å². The van der Waals surface area contributed by atoms with Crippen molar-refractivity contribution in [2.45, 2.75) is 6.54 Å². The summed E-state index contributed by atoms with van der Waals surface area (Å²) in [7, 11) is 0. The van der Waals surface area contributed by atoms with Crippen molar-refractivity contribution in [3.05, 3.63) is 95.7 Å². The zero-order valence-corrected chi connectivity index (χ0v) is 18.1. The van der Waals surface area contributed by atoms with E-state index in [4.69, 9.17) is 4.74 Å². The maximum atomic E-state index is 14.8. The molecule has 1 aliphatic heterocycles. The number of morpholine rings is 1. The smallest absolute Gasteiger partial charge is 0.194 e. The molecule has 8 heteroatoms. The van der Waals surface area contributed by atoms with Crippen LogP contribution in [-0.4, -0.2) is 41.0 Å². The van der Waals surface area contributed by atoms with Crippen LogP contribution in [-0.2, 0) is 11.3 Å². The molecule has 1 fully saturated rings. The summed E-state index contributed by atoms with van der Waals surface area (Å²) in [5.41, 5.74) is 3.31. The minimum Gasteiger partial charge on any atom is -0.379 e. The molecular weight excluding hydrogens is 446 g/mol. The third-order valence-electron chi connectivity index (χ3n) is 5.90. The number of ether oxygens (including phenoxy) is 1. The third kappa shape index (κ3) is 4.34. The van der Waals surface area contributed by atoms with Gasteiger partial charge in [-0.2, -0.15) is 5.10 Å². The molecule has 1 aromatic heterocycles. The Kier molecular flexibility index (Phi) is 6.17. The van der Waals surface area contributed by atoms with Gasteiger partial charge in [0.1, 0.15) is 5.82 Å². The van der Waals surface area contributed by atoms with Crippen LogP contribution in [0.3, 0.4) is 0 Å². The highest BCUT2D eigenvalue weighted by Gasteiger charge is 2.21. The molecule has 0 atom stereocenters. The van der Waals surface area contributed by atoms with Crippen LogP contribution in [0, 0.1) is 23.3 Å². The second kappa shape index (κ2) is 9.40. The van der Waals surface area contributed by atoms with Crippen LogP contribution in [0.15, 0.2) is 66.9 Å². The summed E-state index contributed by atoms with van der Waals surface area (Å²) >= 11 is 0. The quantitative estimate of drug-likeness (QED) is 0.283. The standard InChI is InChI=1S/C26H21F4N3O/c27-22-4-2-1-3-21(22)26-19(16-32-9-11-34-12-10-32)15-31-33(26)20-7-5-17(6-8-20)18-13-23(28)25(30)24(29)14-18/h1-8,13-15H,9-12,16H2. The number of hydrogen-bond acceptors (Lipinski definition) is 3. The van der Waals surface area contributed by atoms with Crippen molar-refractivity contribution in [2.75, 3.05) is 26.3 Å². The van der Waals surface area contributed by atoms with Crippen LogP contribution in [0.4, 0.5) is 17.6 Å². The Morgan fingerprint density at radius 3 is 2.15 bits per heavy atom. The van der Waals surface area contributed by atoms with Gasteiger partial charge < -0.3 is 4.74 Å². The van der Waals surface area contributed by atoms with E-state index < -0.39 is 17.5 Å². The fourth-order valence-corrected chi connectivity index (χ4v) is 4.15. The summed E-state index contributed by atoms with van der Waals surface area (Å²) in [5.74, 6) is -4.36. The van der Waals surface area contributed by atoms with E-state index in [2.05, 4.69) is 10.00 Å². The molecule has 34 heavy (non-hydrogen) atoms. The second-order valence-corrected chi connectivity index (χ2v) is 8.10. The minimum absolute atomic E-state index is 0.214. The van der Waals surface area contributed by atoms with Gasteiger partial charge in [-0.3, -0.25) is 4.90 Å². The van der Waals surface area contributed by atoms with Crippen molar-refractivity contribution in [3.8, 4) is 28.1 Å². The number of hydrogen-bond donors (Lipinski definition) is 0. The normalized spacial score (nSPS) is 14.5. The van der Waals surface area contributed by atoms with E-state index in [0.717, 1.165) is 30.8 Å². The van der Waals surface area contributed by atoms with Crippen LogP contribution in [0.25, 0.3) is 28.1 Å². The number of halogens is 4. The molecule has 0 aliphatic carbocycles. The Hall–Kier alpha value is -3.49. The molecule has 0 bridgehead atoms. The first kappa shape index (κ1) is 22.3. The fraction of sp³-hybridized carbons (Fsp3) is 0.192. The molecule has 2 heterocycles. The molecule has 0 radical (unpaired) electrons. The monoisotopic (exact) mass is 467 g/mol. The second-order valence-electron chi connectivity index (χ2n) is 8.10. The van der Waals surface area contributed by atoms with Gasteiger partial charge in [0.15, 0.2) is 17.5 Å². The zero-order chi connectivity index (χ0) is 23.7. The first-order valence-corrected chi connectivity index (χ1v) is 10.9. The molecular formula is C26H21F4N3O. The summed E-state index contributed by atoms with van der Waals surface area (Å²) in [5, 5.41) is 4.53. The van der Waals surface area contributed by atoms with Gasteiger partial charge in [0.05, 0.1) is 30.8 Å². The van der Waals surface area contributed by atoms with Crippen molar-refractivity contribution in [3.63, 3.8) is 0 Å². The van der Waals surface area contributed by atoms with E-state index in [1.165, 1.54) is 6.07 Å². The number of rotatable bonds is 5. The Labute approximate surface area is 194 Å². The van der Waals surface area contributed by atoms with E-state index >= 15 is 0 Å². The van der Waals surface area contributed by atoms with Crippen molar-refractivity contribution in [1.29, 1.82) is 0 Å². The molecule has 174 valence electrons. The van der Waals surface area contributed by atoms with Gasteiger partial charge in [-0.05, 0) is 47.5 Å². The maximum absolute atomic E-state index is 14.8. The van der Waals surface area contributed by atoms with Crippen LogP contribution in [0.1, 0.15) is 5.56 Å². The summed E-state index contributed by atoms with van der Waals surface area (Å²) in [6, 6.07) is 15.2. The van der Waals surface area contributed by atoms with Crippen LogP contribution < -0.4 is 0 Å². The van der Waals surface area contributed by atoms with Crippen LogP contribution in [0.2, 0.25) is 0 Å². The van der Waals surface area contributed by atoms with Gasteiger partial charge in [-0.15, -0.1) is 0 Å². The Balaban J connectivity index is 1.54. The van der Waals surface area contributed by atoms with Crippen molar-refractivity contribution >= 4 is 0 Å². The summed E-state index contributed by atoms with van der Waals surface area (Å²) in [4.78, 5) is 2.23. The molecule has 0 spiro atoms. The van der Waals surface area contributed by atoms with E-state index in [1.54, 1.807) is 53.3 Å². The van der Waals surface area contributed by atoms with E-state index in [1.807, 2.05) is 0 Å². The Morgan fingerprint density at radius 2 is 1.47 bits per heavy atom. The molecule has 5 rings (SSSR count). The van der Waals surface area contributed by atoms with Gasteiger partial charge in [-0.25, -0.2) is 22.2 Å². The predicted molar refractivity (Wildman–Crippen MR) is 120 cm³/mol. The van der Waals surface area contributed by atoms with E-state index in [-0.39, 0.29) is 11.4 Å². The van der Waals surface area contributed by atoms with E-state index in [0.29, 0.717) is 42.3 Å². The van der Waals surface area contributed by atoms with Gasteiger partial charge in [-0.1, -0.05) is 24.3 Å². The molecule has 0 saturated carbocycles. The SMILES string of the molecule is Fc1ccccc1-c1c(CN2CCOCC2)cnn1-c1ccc(-c2cc(F)c(F)c(F)c2)cc1. The zero-order valence-electron chi connectivity index (χ0n) is 18.1. The topological polar surface area (TPSA) is 30.3 Å². The summed E-state index contributed by atoms with van der Waals surface area (Å²) in [6.45, 7) is 3.45. The van der Waals surface area contributed by atoms with Gasteiger partial charge in [0.25, 0.3) is 0 Å². The first-order valence-electron chi connectivity index (χ1n) is 10.9. The van der Waals surface area contributed by atoms with Gasteiger partial charge >= 0.3 is 0 Å². The molecule has 3 aromatic carbocycles. The maximum Gasteiger partial charge on any atom is 0.194 e. The number of aromatic nitrogens is 2. The fourth-order valence-electron chi connectivity index (χ4n) is 4.15. The molecule has 0 amide bonds. The highest BCUT2D eigenvalue weighted by molar-refractivity contribution is 5.68. The van der Waals surface area contributed by atoms with Crippen molar-refractivity contribution in [2.24, 2.45) is 0 Å². The first-order chi connectivity index (χ1) is 16.5. The summed E-state index contributed by atoms with van der Waals surface area (Å²) in [6.07, 6.45) is 1.73. The lowest BCUT2D eigenvalue weighted by Crippen LogP contribution is -2.35. The molecule has 1 aliphatic rings. The third-order valence-corrected chi connectivity index (χ3v) is 5.90. The van der Waals surface area contributed by atoms with Crippen LogP contribution in [0.5, 0.6) is 0 Å². The van der Waals surface area contributed by atoms with E-state index in [9.17, 15) is 17.6 Å². The summed E-state index contributed by atoms with van der Waals surface area (Å²) < 4.78 is 62.6. The molecule has 0 N–H and O–H groups in total. The van der Waals surface area contributed by atoms with Crippen molar-refractivity contribution in [1.82, 2.24) is 14.7 Å². The lowest BCUT2D eigenvalue weighted by atomic mass is 10.0.